The summed E-state index contributed by atoms with van der Waals surface area (Å²) in [7, 11) is 0. The fourth-order valence-corrected chi connectivity index (χ4v) is 8.27. The summed E-state index contributed by atoms with van der Waals surface area (Å²) in [6.45, 7) is 0.264. The van der Waals surface area contributed by atoms with E-state index in [9.17, 15) is 29.1 Å². The van der Waals surface area contributed by atoms with E-state index in [0.717, 1.165) is 38.5 Å². The number of aliphatic hydroxyl groups excluding tert-OH is 2. The maximum Gasteiger partial charge on any atom is 0.307 e. The maximum atomic E-state index is 13.0. The fourth-order valence-electron chi connectivity index (χ4n) is 6.99. The number of rotatable bonds is 10. The first-order valence-electron chi connectivity index (χ1n) is 14.7. The number of aliphatic carboxylic acids is 1. The van der Waals surface area contributed by atoms with Crippen LogP contribution in [0.3, 0.4) is 0 Å². The van der Waals surface area contributed by atoms with Crippen molar-refractivity contribution in [2.75, 3.05) is 6.61 Å². The van der Waals surface area contributed by atoms with Gasteiger partial charge in [-0.1, -0.05) is 0 Å². The topological polar surface area (TPSA) is 175 Å². The second-order valence-corrected chi connectivity index (χ2v) is 13.5. The molecule has 7 unspecified atom stereocenters. The first kappa shape index (κ1) is 30.8. The first-order valence-corrected chi connectivity index (χ1v) is 15.9. The molecular formula is C27H46N2O9S. The second-order valence-electron chi connectivity index (χ2n) is 12.1. The Morgan fingerprint density at radius 3 is 2.10 bits per heavy atom. The number of hydrogen-bond donors (Lipinski definition) is 6. The lowest BCUT2D eigenvalue weighted by Gasteiger charge is -2.38. The van der Waals surface area contributed by atoms with Gasteiger partial charge in [0.25, 0.3) is 0 Å². The molecule has 4 rings (SSSR count). The minimum absolute atomic E-state index is 0.0551. The molecule has 7 atom stereocenters. The van der Waals surface area contributed by atoms with Crippen LogP contribution in [0.2, 0.25) is 0 Å². The first-order chi connectivity index (χ1) is 18.7. The third-order valence-corrected chi connectivity index (χ3v) is 10.9. The van der Waals surface area contributed by atoms with Gasteiger partial charge in [-0.05, 0) is 89.9 Å². The maximum absolute atomic E-state index is 13.0. The van der Waals surface area contributed by atoms with Gasteiger partial charge in [0.1, 0.15) is 0 Å². The van der Waals surface area contributed by atoms with Gasteiger partial charge in [0, 0.05) is 24.0 Å². The molecule has 224 valence electrons. The van der Waals surface area contributed by atoms with Crippen molar-refractivity contribution < 1.29 is 43.4 Å². The van der Waals surface area contributed by atoms with Gasteiger partial charge in [-0.3, -0.25) is 19.0 Å². The lowest BCUT2D eigenvalue weighted by Crippen LogP contribution is -2.50. The van der Waals surface area contributed by atoms with Gasteiger partial charge in [-0.25, -0.2) is 9.10 Å². The highest BCUT2D eigenvalue weighted by molar-refractivity contribution is 7.80. The van der Waals surface area contributed by atoms with E-state index in [4.69, 9.17) is 9.44 Å². The zero-order valence-electron chi connectivity index (χ0n) is 22.6. The summed E-state index contributed by atoms with van der Waals surface area (Å²) in [6, 6.07) is 0.311. The standard InChI is InChI=1S/C27H46N2O9S/c30-19-7-12-23(27(33)34)24(13-19)26(32)29-18-4-10-22(11-5-18)39(36)38-21-8-2-17(3-9-21)28-25-14-20(31)6-1-16(25)15-37-35/h16-25,28,30-31,35H,1-15H2,(H,29,32)(H,33,34). The molecule has 0 radical (unpaired) electrons. The summed E-state index contributed by atoms with van der Waals surface area (Å²) in [5.74, 6) is -2.60. The molecule has 39 heavy (non-hydrogen) atoms. The molecule has 4 fully saturated rings. The van der Waals surface area contributed by atoms with E-state index in [1.165, 1.54) is 0 Å². The van der Waals surface area contributed by atoms with Crippen molar-refractivity contribution >= 4 is 23.0 Å². The zero-order chi connectivity index (χ0) is 27.9. The van der Waals surface area contributed by atoms with E-state index in [2.05, 4.69) is 15.5 Å². The lowest BCUT2D eigenvalue weighted by molar-refractivity contribution is -0.254. The number of carbonyl (C=O) groups excluding carboxylic acids is 1. The van der Waals surface area contributed by atoms with Crippen molar-refractivity contribution in [3.8, 4) is 0 Å². The highest BCUT2D eigenvalue weighted by Gasteiger charge is 2.40. The van der Waals surface area contributed by atoms with Crippen LogP contribution in [0.1, 0.15) is 89.9 Å². The van der Waals surface area contributed by atoms with Gasteiger partial charge in [-0.2, -0.15) is 0 Å². The average molecular weight is 575 g/mol. The summed E-state index contributed by atoms with van der Waals surface area (Å²) < 4.78 is 19.0. The van der Waals surface area contributed by atoms with Crippen LogP contribution in [0.25, 0.3) is 0 Å². The van der Waals surface area contributed by atoms with Gasteiger partial charge < -0.3 is 26.0 Å². The summed E-state index contributed by atoms with van der Waals surface area (Å²) >= 11 is -1.40. The monoisotopic (exact) mass is 574 g/mol. The molecule has 0 spiro atoms. The molecule has 4 aliphatic carbocycles. The van der Waals surface area contributed by atoms with Gasteiger partial charge in [0.15, 0.2) is 11.1 Å². The van der Waals surface area contributed by atoms with Crippen LogP contribution in [0, 0.1) is 17.8 Å². The Morgan fingerprint density at radius 2 is 1.44 bits per heavy atom. The molecule has 0 aromatic rings. The Hall–Kier alpha value is -1.15. The number of aliphatic hydroxyl groups is 2. The molecule has 11 nitrogen and oxygen atoms in total. The van der Waals surface area contributed by atoms with E-state index in [1.54, 1.807) is 0 Å². The van der Waals surface area contributed by atoms with Crippen molar-refractivity contribution in [2.45, 2.75) is 132 Å². The van der Waals surface area contributed by atoms with E-state index in [-0.39, 0.29) is 54.4 Å². The van der Waals surface area contributed by atoms with Crippen molar-refractivity contribution in [2.24, 2.45) is 17.8 Å². The smallest absolute Gasteiger partial charge is 0.307 e. The van der Waals surface area contributed by atoms with Crippen molar-refractivity contribution in [1.29, 1.82) is 0 Å². The molecule has 0 bridgehead atoms. The highest BCUT2D eigenvalue weighted by Crippen LogP contribution is 2.33. The number of amides is 1. The number of nitrogens with one attached hydrogen (secondary N) is 2. The predicted octanol–water partition coefficient (Wildman–Crippen LogP) is 1.88. The fraction of sp³-hybridized carbons (Fsp3) is 0.926. The summed E-state index contributed by atoms with van der Waals surface area (Å²) in [4.78, 5) is 28.8. The summed E-state index contributed by atoms with van der Waals surface area (Å²) in [6.07, 6.45) is 8.13. The second kappa shape index (κ2) is 14.7. The molecule has 4 aliphatic rings. The molecule has 4 saturated carbocycles. The molecule has 0 aromatic carbocycles. The van der Waals surface area contributed by atoms with E-state index >= 15 is 0 Å². The van der Waals surface area contributed by atoms with Crippen LogP contribution in [0.5, 0.6) is 0 Å². The quantitative estimate of drug-likeness (QED) is 0.167. The Kier molecular flexibility index (Phi) is 11.6. The molecular weight excluding hydrogens is 528 g/mol. The highest BCUT2D eigenvalue weighted by atomic mass is 32.2. The third kappa shape index (κ3) is 8.67. The lowest BCUT2D eigenvalue weighted by atomic mass is 9.77. The minimum atomic E-state index is -1.40. The van der Waals surface area contributed by atoms with Crippen molar-refractivity contribution in [3.05, 3.63) is 0 Å². The summed E-state index contributed by atoms with van der Waals surface area (Å²) in [5, 5.41) is 44.9. The number of carbonyl (C=O) groups is 2. The molecule has 0 saturated heterocycles. The van der Waals surface area contributed by atoms with Crippen molar-refractivity contribution in [3.63, 3.8) is 0 Å². The SMILES string of the molecule is O=C(O)C1CCC(O)CC1C(=O)NC1CCC(S(=O)OC2CCC(NC3CC(O)CCC3COO)CC2)CC1. The van der Waals surface area contributed by atoms with E-state index in [1.807, 2.05) is 0 Å². The van der Waals surface area contributed by atoms with E-state index in [0.29, 0.717) is 51.0 Å². The van der Waals surface area contributed by atoms with Gasteiger partial charge in [-0.15, -0.1) is 0 Å². The molecule has 1 amide bonds. The molecule has 0 aromatic heterocycles. The van der Waals surface area contributed by atoms with Gasteiger partial charge in [0.2, 0.25) is 5.91 Å². The van der Waals surface area contributed by atoms with Crippen LogP contribution in [-0.2, 0) is 29.7 Å². The minimum Gasteiger partial charge on any atom is -0.481 e. The van der Waals surface area contributed by atoms with Gasteiger partial charge >= 0.3 is 5.97 Å². The molecule has 0 aliphatic heterocycles. The zero-order valence-corrected chi connectivity index (χ0v) is 23.4. The third-order valence-electron chi connectivity index (χ3n) is 9.38. The normalized spacial score (nSPS) is 40.5. The van der Waals surface area contributed by atoms with Crippen LogP contribution in [0.15, 0.2) is 0 Å². The summed E-state index contributed by atoms with van der Waals surface area (Å²) in [5.41, 5.74) is 0. The molecule has 0 heterocycles. The Labute approximate surface area is 233 Å². The largest absolute Gasteiger partial charge is 0.481 e. The Balaban J connectivity index is 1.15. The van der Waals surface area contributed by atoms with Gasteiger partial charge in [0.05, 0.1) is 42.0 Å². The Bertz CT molecular complexity index is 832. The number of carboxylic acids is 1. The van der Waals surface area contributed by atoms with Crippen LogP contribution in [0.4, 0.5) is 0 Å². The Morgan fingerprint density at radius 1 is 0.795 bits per heavy atom. The number of hydrogen-bond acceptors (Lipinski definition) is 9. The molecule has 12 heteroatoms. The van der Waals surface area contributed by atoms with E-state index < -0.39 is 35.0 Å². The number of carboxylic acid groups (broad SMARTS) is 1. The predicted molar refractivity (Wildman–Crippen MR) is 143 cm³/mol. The van der Waals surface area contributed by atoms with Crippen molar-refractivity contribution in [1.82, 2.24) is 10.6 Å². The van der Waals surface area contributed by atoms with Crippen LogP contribution < -0.4 is 10.6 Å². The van der Waals surface area contributed by atoms with Crippen LogP contribution in [-0.4, -0.2) is 85.0 Å². The molecule has 6 N–H and O–H groups in total. The average Bonchev–Trinajstić information content (AvgIpc) is 2.91. The van der Waals surface area contributed by atoms with Crippen LogP contribution >= 0.6 is 0 Å².